The molecule has 28 heavy (non-hydrogen) atoms. The van der Waals surface area contributed by atoms with Crippen molar-refractivity contribution in [2.75, 3.05) is 44.7 Å². The van der Waals surface area contributed by atoms with Crippen LogP contribution < -0.4 is 10.2 Å². The van der Waals surface area contributed by atoms with Crippen molar-refractivity contribution in [3.63, 3.8) is 0 Å². The molecule has 152 valence electrons. The van der Waals surface area contributed by atoms with Crippen LogP contribution >= 0.6 is 11.6 Å². The van der Waals surface area contributed by atoms with Crippen LogP contribution in [-0.2, 0) is 6.42 Å². The number of hydrogen-bond donors (Lipinski definition) is 1. The van der Waals surface area contributed by atoms with E-state index >= 15 is 0 Å². The van der Waals surface area contributed by atoms with Crippen molar-refractivity contribution >= 4 is 23.2 Å². The number of guanidine groups is 1. The van der Waals surface area contributed by atoms with Crippen molar-refractivity contribution in [3.8, 4) is 0 Å². The lowest BCUT2D eigenvalue weighted by molar-refractivity contribution is 0.363. The molecule has 2 aromatic rings. The van der Waals surface area contributed by atoms with E-state index in [0.717, 1.165) is 62.4 Å². The first kappa shape index (κ1) is 20.5. The van der Waals surface area contributed by atoms with Gasteiger partial charge in [-0.3, -0.25) is 4.99 Å². The van der Waals surface area contributed by atoms with Gasteiger partial charge >= 0.3 is 0 Å². The number of aryl methyl sites for hydroxylation is 1. The molecule has 7 nitrogen and oxygen atoms in total. The standard InChI is InChI=1S/C20H29ClN6O/c1-15(2)19-24-18(28-25-19)8-5-9-23-20(22-3)27-12-10-26(11-13-27)17-7-4-6-16(21)14-17/h4,6-7,14-15H,5,8-13H2,1-3H3,(H,22,23). The van der Waals surface area contributed by atoms with Crippen LogP contribution in [0.3, 0.4) is 0 Å². The lowest BCUT2D eigenvalue weighted by atomic mass is 10.2. The number of aromatic nitrogens is 2. The first-order chi connectivity index (χ1) is 13.6. The fraction of sp³-hybridized carbons (Fsp3) is 0.550. The van der Waals surface area contributed by atoms with Gasteiger partial charge in [-0.2, -0.15) is 4.98 Å². The number of piperazine rings is 1. The van der Waals surface area contributed by atoms with E-state index in [1.165, 1.54) is 5.69 Å². The topological polar surface area (TPSA) is 69.8 Å². The van der Waals surface area contributed by atoms with E-state index in [0.29, 0.717) is 11.8 Å². The van der Waals surface area contributed by atoms with Crippen molar-refractivity contribution in [1.29, 1.82) is 0 Å². The van der Waals surface area contributed by atoms with Crippen LogP contribution in [0.15, 0.2) is 33.8 Å². The van der Waals surface area contributed by atoms with Crippen LogP contribution in [0.4, 0.5) is 5.69 Å². The molecule has 1 N–H and O–H groups in total. The van der Waals surface area contributed by atoms with Crippen molar-refractivity contribution in [3.05, 3.63) is 41.0 Å². The maximum Gasteiger partial charge on any atom is 0.226 e. The molecular formula is C20H29ClN6O. The van der Waals surface area contributed by atoms with E-state index in [2.05, 4.69) is 50.2 Å². The highest BCUT2D eigenvalue weighted by molar-refractivity contribution is 6.30. The second kappa shape index (κ2) is 9.78. The van der Waals surface area contributed by atoms with Gasteiger partial charge in [-0.1, -0.05) is 36.7 Å². The van der Waals surface area contributed by atoms with Crippen molar-refractivity contribution in [2.45, 2.75) is 32.6 Å². The molecule has 0 aliphatic carbocycles. The van der Waals surface area contributed by atoms with Crippen molar-refractivity contribution in [1.82, 2.24) is 20.4 Å². The Morgan fingerprint density at radius 3 is 2.71 bits per heavy atom. The molecule has 1 fully saturated rings. The summed E-state index contributed by atoms with van der Waals surface area (Å²) in [5, 5.41) is 8.23. The first-order valence-corrected chi connectivity index (χ1v) is 10.2. The van der Waals surface area contributed by atoms with Crippen LogP contribution in [0, 0.1) is 0 Å². The van der Waals surface area contributed by atoms with Gasteiger partial charge in [0.25, 0.3) is 0 Å². The average molecular weight is 405 g/mol. The SMILES string of the molecule is CN=C(NCCCc1nc(C(C)C)no1)N1CCN(c2cccc(Cl)c2)CC1. The van der Waals surface area contributed by atoms with Crippen LogP contribution in [0.5, 0.6) is 0 Å². The Morgan fingerprint density at radius 2 is 2.07 bits per heavy atom. The third-order valence-electron chi connectivity index (χ3n) is 4.82. The van der Waals surface area contributed by atoms with Crippen LogP contribution in [0.1, 0.15) is 37.9 Å². The Morgan fingerprint density at radius 1 is 1.29 bits per heavy atom. The molecule has 0 saturated carbocycles. The molecule has 0 amide bonds. The van der Waals surface area contributed by atoms with Gasteiger partial charge in [0.1, 0.15) is 0 Å². The maximum atomic E-state index is 6.12. The lowest BCUT2D eigenvalue weighted by Gasteiger charge is -2.37. The van der Waals surface area contributed by atoms with Gasteiger partial charge in [0.2, 0.25) is 5.89 Å². The van der Waals surface area contributed by atoms with E-state index in [4.69, 9.17) is 16.1 Å². The summed E-state index contributed by atoms with van der Waals surface area (Å²) in [5.74, 6) is 2.71. The third-order valence-corrected chi connectivity index (χ3v) is 5.05. The fourth-order valence-electron chi connectivity index (χ4n) is 3.23. The van der Waals surface area contributed by atoms with Crippen LogP contribution in [0.25, 0.3) is 0 Å². The van der Waals surface area contributed by atoms with E-state index in [-0.39, 0.29) is 0 Å². The number of aliphatic imine (C=N–C) groups is 1. The minimum Gasteiger partial charge on any atom is -0.368 e. The van der Waals surface area contributed by atoms with Gasteiger partial charge in [-0.05, 0) is 24.6 Å². The molecule has 0 spiro atoms. The molecule has 0 bridgehead atoms. The quantitative estimate of drug-likeness (QED) is 0.453. The third kappa shape index (κ3) is 5.38. The highest BCUT2D eigenvalue weighted by atomic mass is 35.5. The minimum atomic E-state index is 0.292. The van der Waals surface area contributed by atoms with Gasteiger partial charge in [0, 0.05) is 62.8 Å². The maximum absolute atomic E-state index is 6.12. The van der Waals surface area contributed by atoms with Crippen molar-refractivity contribution in [2.24, 2.45) is 4.99 Å². The van der Waals surface area contributed by atoms with E-state index in [9.17, 15) is 0 Å². The second-order valence-corrected chi connectivity index (χ2v) is 7.67. The number of anilines is 1. The monoisotopic (exact) mass is 404 g/mol. The van der Waals surface area contributed by atoms with Gasteiger partial charge in [-0.15, -0.1) is 0 Å². The van der Waals surface area contributed by atoms with Gasteiger partial charge in [0.15, 0.2) is 11.8 Å². The Balaban J connectivity index is 1.42. The summed E-state index contributed by atoms with van der Waals surface area (Å²) in [6.45, 7) is 8.68. The number of halogens is 1. The molecule has 1 aliphatic rings. The van der Waals surface area contributed by atoms with E-state index in [1.807, 2.05) is 25.2 Å². The minimum absolute atomic E-state index is 0.292. The van der Waals surface area contributed by atoms with Crippen LogP contribution in [-0.4, -0.2) is 60.8 Å². The van der Waals surface area contributed by atoms with Crippen LogP contribution in [0.2, 0.25) is 5.02 Å². The van der Waals surface area contributed by atoms with Crippen molar-refractivity contribution < 1.29 is 4.52 Å². The predicted molar refractivity (Wildman–Crippen MR) is 113 cm³/mol. The number of rotatable bonds is 6. The fourth-order valence-corrected chi connectivity index (χ4v) is 3.41. The van der Waals surface area contributed by atoms with Gasteiger partial charge in [0.05, 0.1) is 0 Å². The molecular weight excluding hydrogens is 376 g/mol. The predicted octanol–water partition coefficient (Wildman–Crippen LogP) is 3.18. The molecule has 0 unspecified atom stereocenters. The summed E-state index contributed by atoms with van der Waals surface area (Å²) in [7, 11) is 1.83. The second-order valence-electron chi connectivity index (χ2n) is 7.23. The molecule has 2 heterocycles. The van der Waals surface area contributed by atoms with E-state index < -0.39 is 0 Å². The lowest BCUT2D eigenvalue weighted by Crippen LogP contribution is -2.52. The Labute approximate surface area is 171 Å². The molecule has 1 aliphatic heterocycles. The largest absolute Gasteiger partial charge is 0.368 e. The highest BCUT2D eigenvalue weighted by Crippen LogP contribution is 2.20. The zero-order valence-electron chi connectivity index (χ0n) is 16.9. The van der Waals surface area contributed by atoms with Gasteiger partial charge < -0.3 is 19.6 Å². The molecule has 8 heteroatoms. The highest BCUT2D eigenvalue weighted by Gasteiger charge is 2.20. The zero-order valence-corrected chi connectivity index (χ0v) is 17.6. The summed E-state index contributed by atoms with van der Waals surface area (Å²) >= 11 is 6.12. The first-order valence-electron chi connectivity index (χ1n) is 9.85. The number of hydrogen-bond acceptors (Lipinski definition) is 5. The molecule has 0 atom stereocenters. The Kier molecular flexibility index (Phi) is 7.14. The summed E-state index contributed by atoms with van der Waals surface area (Å²) in [6.07, 6.45) is 1.69. The normalized spacial score (nSPS) is 15.4. The Hall–Kier alpha value is -2.28. The number of benzene rings is 1. The summed E-state index contributed by atoms with van der Waals surface area (Å²) < 4.78 is 5.29. The number of nitrogens with zero attached hydrogens (tertiary/aromatic N) is 5. The average Bonchev–Trinajstić information content (AvgIpc) is 3.18. The summed E-state index contributed by atoms with van der Waals surface area (Å²) in [4.78, 5) is 13.5. The molecule has 0 radical (unpaired) electrons. The Bertz CT molecular complexity index is 783. The molecule has 3 rings (SSSR count). The van der Waals surface area contributed by atoms with E-state index in [1.54, 1.807) is 0 Å². The smallest absolute Gasteiger partial charge is 0.226 e. The zero-order chi connectivity index (χ0) is 19.9. The van der Waals surface area contributed by atoms with Gasteiger partial charge in [-0.25, -0.2) is 0 Å². The molecule has 1 saturated heterocycles. The molecule has 1 aromatic heterocycles. The molecule has 1 aromatic carbocycles. The summed E-state index contributed by atoms with van der Waals surface area (Å²) in [5.41, 5.74) is 1.18. The number of nitrogens with one attached hydrogen (secondary N) is 1. The summed E-state index contributed by atoms with van der Waals surface area (Å²) in [6, 6.07) is 8.03.